The predicted molar refractivity (Wildman–Crippen MR) is 56.8 cm³/mol. The Bertz CT molecular complexity index is 417. The van der Waals surface area contributed by atoms with Crippen LogP contribution in [-0.4, -0.2) is 9.97 Å². The SMILES string of the molecule is Clc1cccnc1Nc1cccnc1. The molecule has 2 rings (SSSR count). The second-order valence-corrected chi connectivity index (χ2v) is 3.11. The van der Waals surface area contributed by atoms with Gasteiger partial charge in [-0.15, -0.1) is 0 Å². The molecule has 0 spiro atoms. The van der Waals surface area contributed by atoms with Gasteiger partial charge in [0.15, 0.2) is 0 Å². The molecule has 0 radical (unpaired) electrons. The van der Waals surface area contributed by atoms with Crippen molar-refractivity contribution in [3.63, 3.8) is 0 Å². The molecule has 0 atom stereocenters. The van der Waals surface area contributed by atoms with E-state index in [1.807, 2.05) is 12.1 Å². The largest absolute Gasteiger partial charge is 0.338 e. The standard InChI is InChI=1S/C10H8ClN3/c11-9-4-2-6-13-10(9)14-8-3-1-5-12-7-8/h1-7H,(H,13,14). The summed E-state index contributed by atoms with van der Waals surface area (Å²) in [7, 11) is 0. The highest BCUT2D eigenvalue weighted by Gasteiger charge is 1.99. The first-order chi connectivity index (χ1) is 6.86. The summed E-state index contributed by atoms with van der Waals surface area (Å²) in [5.41, 5.74) is 0.869. The fourth-order valence-electron chi connectivity index (χ4n) is 1.05. The summed E-state index contributed by atoms with van der Waals surface area (Å²) < 4.78 is 0. The number of aromatic nitrogens is 2. The summed E-state index contributed by atoms with van der Waals surface area (Å²) in [6, 6.07) is 7.32. The molecule has 0 bridgehead atoms. The van der Waals surface area contributed by atoms with Crippen LogP contribution >= 0.6 is 11.6 Å². The van der Waals surface area contributed by atoms with E-state index in [1.165, 1.54) is 0 Å². The summed E-state index contributed by atoms with van der Waals surface area (Å²) in [6.45, 7) is 0. The molecule has 0 saturated carbocycles. The zero-order chi connectivity index (χ0) is 9.80. The van der Waals surface area contributed by atoms with Crippen molar-refractivity contribution in [2.24, 2.45) is 0 Å². The first-order valence-corrected chi connectivity index (χ1v) is 4.51. The van der Waals surface area contributed by atoms with E-state index >= 15 is 0 Å². The first-order valence-electron chi connectivity index (χ1n) is 4.14. The van der Waals surface area contributed by atoms with Crippen molar-refractivity contribution in [2.45, 2.75) is 0 Å². The van der Waals surface area contributed by atoms with Crippen LogP contribution in [0, 0.1) is 0 Å². The molecule has 4 heteroatoms. The third-order valence-corrected chi connectivity index (χ3v) is 1.99. The number of nitrogens with zero attached hydrogens (tertiary/aromatic N) is 2. The number of nitrogens with one attached hydrogen (secondary N) is 1. The fraction of sp³-hybridized carbons (Fsp3) is 0. The summed E-state index contributed by atoms with van der Waals surface area (Å²) in [6.07, 6.45) is 5.11. The normalized spacial score (nSPS) is 9.79. The molecule has 0 unspecified atom stereocenters. The van der Waals surface area contributed by atoms with E-state index in [2.05, 4.69) is 15.3 Å². The van der Waals surface area contributed by atoms with Gasteiger partial charge >= 0.3 is 0 Å². The van der Waals surface area contributed by atoms with Crippen LogP contribution in [-0.2, 0) is 0 Å². The van der Waals surface area contributed by atoms with Crippen LogP contribution < -0.4 is 5.32 Å². The molecule has 2 heterocycles. The van der Waals surface area contributed by atoms with Crippen LogP contribution in [0.2, 0.25) is 5.02 Å². The topological polar surface area (TPSA) is 37.8 Å². The number of rotatable bonds is 2. The molecule has 2 aromatic rings. The van der Waals surface area contributed by atoms with Gasteiger partial charge in [0, 0.05) is 12.4 Å². The Balaban J connectivity index is 2.24. The molecule has 0 aromatic carbocycles. The van der Waals surface area contributed by atoms with E-state index in [0.717, 1.165) is 5.69 Å². The number of hydrogen-bond donors (Lipinski definition) is 1. The lowest BCUT2D eigenvalue weighted by atomic mass is 10.4. The second kappa shape index (κ2) is 4.07. The van der Waals surface area contributed by atoms with Crippen molar-refractivity contribution in [2.75, 3.05) is 5.32 Å². The second-order valence-electron chi connectivity index (χ2n) is 2.70. The number of anilines is 2. The van der Waals surface area contributed by atoms with Crippen LogP contribution in [0.5, 0.6) is 0 Å². The Morgan fingerprint density at radius 2 is 2.00 bits per heavy atom. The minimum absolute atomic E-state index is 0.594. The predicted octanol–water partition coefficient (Wildman–Crippen LogP) is 2.87. The Kier molecular flexibility index (Phi) is 2.60. The maximum Gasteiger partial charge on any atom is 0.149 e. The third kappa shape index (κ3) is 2.00. The van der Waals surface area contributed by atoms with Crippen LogP contribution in [0.25, 0.3) is 0 Å². The van der Waals surface area contributed by atoms with E-state index in [1.54, 1.807) is 30.7 Å². The Morgan fingerprint density at radius 1 is 1.14 bits per heavy atom. The molecule has 3 nitrogen and oxygen atoms in total. The van der Waals surface area contributed by atoms with Crippen molar-refractivity contribution in [1.29, 1.82) is 0 Å². The number of pyridine rings is 2. The van der Waals surface area contributed by atoms with Crippen LogP contribution in [0.3, 0.4) is 0 Å². The average Bonchev–Trinajstić information content (AvgIpc) is 2.23. The van der Waals surface area contributed by atoms with Crippen molar-refractivity contribution < 1.29 is 0 Å². The van der Waals surface area contributed by atoms with Gasteiger partial charge in [0.25, 0.3) is 0 Å². The van der Waals surface area contributed by atoms with Gasteiger partial charge < -0.3 is 5.32 Å². The molecule has 0 aliphatic carbocycles. The van der Waals surface area contributed by atoms with Crippen molar-refractivity contribution in [3.05, 3.63) is 47.9 Å². The van der Waals surface area contributed by atoms with Crippen LogP contribution in [0.1, 0.15) is 0 Å². The zero-order valence-electron chi connectivity index (χ0n) is 7.31. The van der Waals surface area contributed by atoms with E-state index in [-0.39, 0.29) is 0 Å². The average molecular weight is 206 g/mol. The van der Waals surface area contributed by atoms with Crippen LogP contribution in [0.4, 0.5) is 11.5 Å². The number of hydrogen-bond acceptors (Lipinski definition) is 3. The molecule has 0 saturated heterocycles. The highest BCUT2D eigenvalue weighted by atomic mass is 35.5. The molecule has 0 fully saturated rings. The molecule has 2 aromatic heterocycles. The van der Waals surface area contributed by atoms with E-state index in [0.29, 0.717) is 10.8 Å². The molecule has 70 valence electrons. The summed E-state index contributed by atoms with van der Waals surface area (Å²) in [4.78, 5) is 8.08. The molecule has 1 N–H and O–H groups in total. The Labute approximate surface area is 86.8 Å². The molecule has 0 amide bonds. The van der Waals surface area contributed by atoms with Crippen molar-refractivity contribution in [1.82, 2.24) is 9.97 Å². The monoisotopic (exact) mass is 205 g/mol. The maximum atomic E-state index is 5.93. The lowest BCUT2D eigenvalue weighted by Gasteiger charge is -2.05. The van der Waals surface area contributed by atoms with Crippen molar-refractivity contribution in [3.8, 4) is 0 Å². The van der Waals surface area contributed by atoms with Crippen LogP contribution in [0.15, 0.2) is 42.9 Å². The summed E-state index contributed by atoms with van der Waals surface area (Å²) in [5.74, 6) is 0.641. The van der Waals surface area contributed by atoms with Gasteiger partial charge in [-0.3, -0.25) is 4.98 Å². The van der Waals surface area contributed by atoms with Gasteiger partial charge in [-0.2, -0.15) is 0 Å². The van der Waals surface area contributed by atoms with Gasteiger partial charge in [-0.05, 0) is 24.3 Å². The van der Waals surface area contributed by atoms with Gasteiger partial charge in [0.05, 0.1) is 16.9 Å². The van der Waals surface area contributed by atoms with Gasteiger partial charge in [0.2, 0.25) is 0 Å². The Morgan fingerprint density at radius 3 is 2.71 bits per heavy atom. The number of halogens is 1. The molecule has 0 aliphatic heterocycles. The lowest BCUT2D eigenvalue weighted by molar-refractivity contribution is 1.28. The van der Waals surface area contributed by atoms with Crippen molar-refractivity contribution >= 4 is 23.1 Å². The molecule has 14 heavy (non-hydrogen) atoms. The van der Waals surface area contributed by atoms with Gasteiger partial charge in [-0.25, -0.2) is 4.98 Å². The summed E-state index contributed by atoms with van der Waals surface area (Å²) in [5, 5.41) is 3.66. The quantitative estimate of drug-likeness (QED) is 0.819. The van der Waals surface area contributed by atoms with E-state index < -0.39 is 0 Å². The molecule has 0 aliphatic rings. The zero-order valence-corrected chi connectivity index (χ0v) is 8.07. The maximum absolute atomic E-state index is 5.93. The highest BCUT2D eigenvalue weighted by Crippen LogP contribution is 2.21. The fourth-order valence-corrected chi connectivity index (χ4v) is 1.22. The van der Waals surface area contributed by atoms with E-state index in [9.17, 15) is 0 Å². The van der Waals surface area contributed by atoms with E-state index in [4.69, 9.17) is 11.6 Å². The Hall–Kier alpha value is -1.61. The molecular weight excluding hydrogens is 198 g/mol. The van der Waals surface area contributed by atoms with Gasteiger partial charge in [-0.1, -0.05) is 11.6 Å². The smallest absolute Gasteiger partial charge is 0.149 e. The minimum Gasteiger partial charge on any atom is -0.338 e. The highest BCUT2D eigenvalue weighted by molar-refractivity contribution is 6.33. The molecular formula is C10H8ClN3. The third-order valence-electron chi connectivity index (χ3n) is 1.68. The van der Waals surface area contributed by atoms with Gasteiger partial charge in [0.1, 0.15) is 5.82 Å². The minimum atomic E-state index is 0.594. The summed E-state index contributed by atoms with van der Waals surface area (Å²) >= 11 is 5.93. The lowest BCUT2D eigenvalue weighted by Crippen LogP contribution is -1.93. The first kappa shape index (κ1) is 8.97.